The maximum atomic E-state index is 12.0. The molecule has 0 unspecified atom stereocenters. The number of carboxylic acids is 1. The largest absolute Gasteiger partial charge is 0.480 e. The Balaban J connectivity index is 1.67. The number of rotatable bonds is 9. The van der Waals surface area contributed by atoms with E-state index in [0.29, 0.717) is 51.3 Å². The first-order valence-electron chi connectivity index (χ1n) is 10.9. The van der Waals surface area contributed by atoms with Crippen molar-refractivity contribution < 1.29 is 24.1 Å². The fourth-order valence-corrected chi connectivity index (χ4v) is 3.87. The zero-order chi connectivity index (χ0) is 21.8. The Kier molecular flexibility index (Phi) is 6.43. The highest BCUT2D eigenvalue weighted by Crippen LogP contribution is 2.33. The summed E-state index contributed by atoms with van der Waals surface area (Å²) >= 11 is 0. The molecule has 0 spiro atoms. The summed E-state index contributed by atoms with van der Waals surface area (Å²) in [7, 11) is 0. The molecule has 31 heavy (non-hydrogen) atoms. The Labute approximate surface area is 182 Å². The van der Waals surface area contributed by atoms with Crippen LogP contribution in [0.4, 0.5) is 5.69 Å². The average Bonchev–Trinajstić information content (AvgIpc) is 3.57. The third-order valence-electron chi connectivity index (χ3n) is 5.76. The Bertz CT molecular complexity index is 936. The molecule has 2 heterocycles. The van der Waals surface area contributed by atoms with Crippen LogP contribution in [0.15, 0.2) is 30.3 Å². The van der Waals surface area contributed by atoms with Crippen molar-refractivity contribution in [3.8, 4) is 17.1 Å². The van der Waals surface area contributed by atoms with Crippen LogP contribution in [-0.2, 0) is 20.9 Å². The molecule has 2 aliphatic rings. The fraction of sp³-hybridized carbons (Fsp3) is 0.500. The predicted molar refractivity (Wildman–Crippen MR) is 117 cm³/mol. The normalized spacial score (nSPS) is 17.9. The lowest BCUT2D eigenvalue weighted by molar-refractivity contribution is -0.145. The third-order valence-corrected chi connectivity index (χ3v) is 5.76. The van der Waals surface area contributed by atoms with E-state index in [0.717, 1.165) is 40.9 Å². The molecule has 1 saturated heterocycles. The van der Waals surface area contributed by atoms with Gasteiger partial charge >= 0.3 is 5.97 Å². The van der Waals surface area contributed by atoms with Gasteiger partial charge < -0.3 is 24.6 Å². The summed E-state index contributed by atoms with van der Waals surface area (Å²) in [4.78, 5) is 16.7. The summed E-state index contributed by atoms with van der Waals surface area (Å²) in [5, 5.41) is 13.2. The van der Waals surface area contributed by atoms with E-state index >= 15 is 0 Å². The van der Waals surface area contributed by atoms with Crippen molar-refractivity contribution in [3.05, 3.63) is 41.5 Å². The van der Waals surface area contributed by atoms with Crippen LogP contribution in [0.5, 0.6) is 5.88 Å². The number of anilines is 1. The van der Waals surface area contributed by atoms with Crippen LogP contribution in [0.3, 0.4) is 0 Å². The highest BCUT2D eigenvalue weighted by atomic mass is 16.5. The molecule has 2 aromatic rings. The minimum absolute atomic E-state index is 0.315. The number of pyridine rings is 1. The van der Waals surface area contributed by atoms with Crippen LogP contribution in [0, 0.1) is 6.92 Å². The third kappa shape index (κ3) is 5.17. The highest BCUT2D eigenvalue weighted by Gasteiger charge is 2.40. The number of carbonyl (C=O) groups is 1. The Hall–Kier alpha value is -2.64. The van der Waals surface area contributed by atoms with Crippen molar-refractivity contribution in [2.24, 2.45) is 0 Å². The van der Waals surface area contributed by atoms with E-state index in [9.17, 15) is 9.90 Å². The second-order valence-electron chi connectivity index (χ2n) is 8.31. The summed E-state index contributed by atoms with van der Waals surface area (Å²) in [6.45, 7) is 5.83. The number of carboxylic acid groups (broad SMARTS) is 1. The first-order valence-corrected chi connectivity index (χ1v) is 10.9. The van der Waals surface area contributed by atoms with Gasteiger partial charge in [-0.3, -0.25) is 0 Å². The van der Waals surface area contributed by atoms with Gasteiger partial charge in [-0.2, -0.15) is 0 Å². The molecule has 4 rings (SSSR count). The number of aromatic nitrogens is 1. The van der Waals surface area contributed by atoms with Gasteiger partial charge in [0, 0.05) is 43.4 Å². The van der Waals surface area contributed by atoms with E-state index in [1.54, 1.807) is 0 Å². The molecule has 0 bridgehead atoms. The van der Waals surface area contributed by atoms with E-state index in [4.69, 9.17) is 14.2 Å². The van der Waals surface area contributed by atoms with Gasteiger partial charge in [-0.1, -0.05) is 6.07 Å². The molecule has 166 valence electrons. The molecule has 1 aromatic heterocycles. The SMILES string of the molecule is CCOc1cc(C)cc(-c2ccc(NC3(C(=O)O)CCOCC3)cc2COC2CC2)n1. The number of nitrogens with zero attached hydrogens (tertiary/aromatic N) is 1. The van der Waals surface area contributed by atoms with Crippen LogP contribution in [0.1, 0.15) is 43.7 Å². The highest BCUT2D eigenvalue weighted by molar-refractivity contribution is 5.83. The average molecular weight is 427 g/mol. The van der Waals surface area contributed by atoms with Crippen LogP contribution in [0.2, 0.25) is 0 Å². The van der Waals surface area contributed by atoms with Crippen molar-refractivity contribution >= 4 is 11.7 Å². The second-order valence-corrected chi connectivity index (χ2v) is 8.31. The van der Waals surface area contributed by atoms with Crippen molar-refractivity contribution in [1.29, 1.82) is 0 Å². The summed E-state index contributed by atoms with van der Waals surface area (Å²) in [5.74, 6) is -0.252. The van der Waals surface area contributed by atoms with Gasteiger partial charge in [0.25, 0.3) is 0 Å². The zero-order valence-corrected chi connectivity index (χ0v) is 18.1. The van der Waals surface area contributed by atoms with Crippen LogP contribution >= 0.6 is 0 Å². The summed E-state index contributed by atoms with van der Waals surface area (Å²) in [5.41, 5.74) is 3.58. The molecule has 7 nitrogen and oxygen atoms in total. The van der Waals surface area contributed by atoms with Gasteiger partial charge in [-0.05, 0) is 56.0 Å². The molecule has 1 aromatic carbocycles. The van der Waals surface area contributed by atoms with E-state index in [1.165, 1.54) is 0 Å². The predicted octanol–water partition coefficient (Wildman–Crippen LogP) is 4.18. The molecule has 2 N–H and O–H groups in total. The van der Waals surface area contributed by atoms with Gasteiger partial charge in [0.15, 0.2) is 0 Å². The van der Waals surface area contributed by atoms with Crippen LogP contribution < -0.4 is 10.1 Å². The van der Waals surface area contributed by atoms with E-state index in [-0.39, 0.29) is 0 Å². The number of aryl methyl sites for hydroxylation is 1. The number of nitrogens with one attached hydrogen (secondary N) is 1. The molecular weight excluding hydrogens is 396 g/mol. The lowest BCUT2D eigenvalue weighted by atomic mass is 9.89. The van der Waals surface area contributed by atoms with Crippen molar-refractivity contribution in [1.82, 2.24) is 4.98 Å². The standard InChI is InChI=1S/C24H30N2O5/c1-3-30-22-13-16(2)12-21(25-22)20-7-4-18(14-17(20)15-31-19-5-6-19)26-24(23(27)28)8-10-29-11-9-24/h4,7,12-14,19,26H,3,5-6,8-11,15H2,1-2H3,(H,27,28). The van der Waals surface area contributed by atoms with Crippen molar-refractivity contribution in [2.45, 2.75) is 57.8 Å². The monoisotopic (exact) mass is 426 g/mol. The number of aliphatic carboxylic acids is 1. The van der Waals surface area contributed by atoms with Gasteiger partial charge in [-0.25, -0.2) is 9.78 Å². The molecule has 1 saturated carbocycles. The molecule has 2 fully saturated rings. The van der Waals surface area contributed by atoms with Gasteiger partial charge in [0.2, 0.25) is 5.88 Å². The Morgan fingerprint density at radius 1 is 1.26 bits per heavy atom. The molecular formula is C24H30N2O5. The van der Waals surface area contributed by atoms with E-state index in [1.807, 2.05) is 44.2 Å². The molecule has 7 heteroatoms. The maximum Gasteiger partial charge on any atom is 0.329 e. The van der Waals surface area contributed by atoms with E-state index in [2.05, 4.69) is 10.3 Å². The quantitative estimate of drug-likeness (QED) is 0.622. The minimum atomic E-state index is -1.02. The maximum absolute atomic E-state index is 12.0. The zero-order valence-electron chi connectivity index (χ0n) is 18.1. The Morgan fingerprint density at radius 2 is 2.03 bits per heavy atom. The van der Waals surface area contributed by atoms with Crippen molar-refractivity contribution in [2.75, 3.05) is 25.1 Å². The fourth-order valence-electron chi connectivity index (χ4n) is 3.87. The summed E-state index contributed by atoms with van der Waals surface area (Å²) < 4.78 is 17.0. The molecule has 0 amide bonds. The smallest absolute Gasteiger partial charge is 0.329 e. The Morgan fingerprint density at radius 3 is 2.71 bits per heavy atom. The number of ether oxygens (including phenoxy) is 3. The van der Waals surface area contributed by atoms with Crippen molar-refractivity contribution in [3.63, 3.8) is 0 Å². The minimum Gasteiger partial charge on any atom is -0.480 e. The first-order chi connectivity index (χ1) is 15.0. The van der Waals surface area contributed by atoms with Crippen LogP contribution in [0.25, 0.3) is 11.3 Å². The topological polar surface area (TPSA) is 89.9 Å². The van der Waals surface area contributed by atoms with Crippen LogP contribution in [-0.4, -0.2) is 47.5 Å². The molecule has 0 atom stereocenters. The number of hydrogen-bond acceptors (Lipinski definition) is 6. The molecule has 1 aliphatic carbocycles. The van der Waals surface area contributed by atoms with E-state index < -0.39 is 11.5 Å². The first kappa shape index (κ1) is 21.6. The lowest BCUT2D eigenvalue weighted by Gasteiger charge is -2.35. The van der Waals surface area contributed by atoms with Gasteiger partial charge in [0.1, 0.15) is 5.54 Å². The van der Waals surface area contributed by atoms with Gasteiger partial charge in [-0.15, -0.1) is 0 Å². The number of benzene rings is 1. The molecule has 0 radical (unpaired) electrons. The molecule has 1 aliphatic heterocycles. The lowest BCUT2D eigenvalue weighted by Crippen LogP contribution is -2.50. The summed E-state index contributed by atoms with van der Waals surface area (Å²) in [6.07, 6.45) is 3.35. The van der Waals surface area contributed by atoms with Gasteiger partial charge in [0.05, 0.1) is 25.0 Å². The summed E-state index contributed by atoms with van der Waals surface area (Å²) in [6, 6.07) is 9.84. The number of hydrogen-bond donors (Lipinski definition) is 2. The second kappa shape index (κ2) is 9.24.